The SMILES string of the molecule is O=C(Nc1cc(NCc2cn3cc(C4CC4)ccc3n2)ncn1)[C@H]1[C@H](CO)[C@@H]1c1cccc(Cl)c1. The Kier molecular flexibility index (Phi) is 5.62. The number of hydrogen-bond acceptors (Lipinski definition) is 6. The zero-order valence-electron chi connectivity index (χ0n) is 18.9. The Morgan fingerprint density at radius 2 is 1.94 bits per heavy atom. The van der Waals surface area contributed by atoms with Gasteiger partial charge < -0.3 is 20.1 Å². The van der Waals surface area contributed by atoms with Crippen LogP contribution in [0.2, 0.25) is 5.02 Å². The fourth-order valence-corrected chi connectivity index (χ4v) is 5.04. The highest BCUT2D eigenvalue weighted by Crippen LogP contribution is 2.54. The molecule has 35 heavy (non-hydrogen) atoms. The summed E-state index contributed by atoms with van der Waals surface area (Å²) in [4.78, 5) is 26.0. The van der Waals surface area contributed by atoms with Gasteiger partial charge in [-0.15, -0.1) is 0 Å². The molecule has 2 saturated carbocycles. The van der Waals surface area contributed by atoms with Crippen LogP contribution in [-0.2, 0) is 11.3 Å². The molecule has 3 N–H and O–H groups in total. The molecule has 3 heterocycles. The number of pyridine rings is 1. The van der Waals surface area contributed by atoms with E-state index in [2.05, 4.69) is 48.3 Å². The highest BCUT2D eigenvalue weighted by molar-refractivity contribution is 6.30. The maximum atomic E-state index is 12.9. The van der Waals surface area contributed by atoms with Gasteiger partial charge >= 0.3 is 0 Å². The first kappa shape index (κ1) is 22.0. The molecular formula is C26H25ClN6O2. The topological polar surface area (TPSA) is 104 Å². The van der Waals surface area contributed by atoms with Crippen LogP contribution in [0.1, 0.15) is 41.5 Å². The van der Waals surface area contributed by atoms with E-state index in [1.807, 2.05) is 24.4 Å². The van der Waals surface area contributed by atoms with Crippen LogP contribution < -0.4 is 10.6 Å². The monoisotopic (exact) mass is 488 g/mol. The van der Waals surface area contributed by atoms with Gasteiger partial charge in [-0.2, -0.15) is 0 Å². The lowest BCUT2D eigenvalue weighted by molar-refractivity contribution is -0.117. The molecule has 0 bridgehead atoms. The highest BCUT2D eigenvalue weighted by atomic mass is 35.5. The Hall–Kier alpha value is -3.49. The van der Waals surface area contributed by atoms with E-state index in [0.29, 0.717) is 29.1 Å². The Labute approximate surface area is 207 Å². The molecule has 2 fully saturated rings. The number of aromatic nitrogens is 4. The third-order valence-electron chi connectivity index (χ3n) is 6.86. The summed E-state index contributed by atoms with van der Waals surface area (Å²) >= 11 is 6.11. The van der Waals surface area contributed by atoms with Gasteiger partial charge in [0.2, 0.25) is 5.91 Å². The molecule has 1 amide bonds. The van der Waals surface area contributed by atoms with Crippen molar-refractivity contribution in [3.63, 3.8) is 0 Å². The molecule has 0 spiro atoms. The lowest BCUT2D eigenvalue weighted by Crippen LogP contribution is -2.17. The first-order valence-electron chi connectivity index (χ1n) is 11.8. The second-order valence-electron chi connectivity index (χ2n) is 9.32. The number of anilines is 2. The van der Waals surface area contributed by atoms with Gasteiger partial charge in [0.15, 0.2) is 0 Å². The number of aliphatic hydroxyl groups excluding tert-OH is 1. The minimum atomic E-state index is -0.330. The second kappa shape index (κ2) is 8.94. The molecule has 2 aliphatic carbocycles. The van der Waals surface area contributed by atoms with Crippen LogP contribution >= 0.6 is 11.6 Å². The fraction of sp³-hybridized carbons (Fsp3) is 0.308. The predicted octanol–water partition coefficient (Wildman–Crippen LogP) is 4.23. The number of imidazole rings is 1. The number of rotatable bonds is 8. The lowest BCUT2D eigenvalue weighted by Gasteiger charge is -2.07. The zero-order valence-corrected chi connectivity index (χ0v) is 19.7. The Morgan fingerprint density at radius 3 is 2.74 bits per heavy atom. The van der Waals surface area contributed by atoms with E-state index in [9.17, 15) is 9.90 Å². The normalized spacial score (nSPS) is 21.1. The Bertz CT molecular complexity index is 1400. The molecule has 0 radical (unpaired) electrons. The average Bonchev–Trinajstić information content (AvgIpc) is 3.78. The second-order valence-corrected chi connectivity index (χ2v) is 9.76. The summed E-state index contributed by atoms with van der Waals surface area (Å²) in [5.41, 5.74) is 4.13. The molecule has 178 valence electrons. The minimum Gasteiger partial charge on any atom is -0.396 e. The van der Waals surface area contributed by atoms with Crippen LogP contribution in [0.15, 0.2) is 61.2 Å². The van der Waals surface area contributed by atoms with Crippen LogP contribution in [0.25, 0.3) is 5.65 Å². The molecular weight excluding hydrogens is 464 g/mol. The number of hydrogen-bond donors (Lipinski definition) is 3. The van der Waals surface area contributed by atoms with Gasteiger partial charge in [0, 0.05) is 41.9 Å². The summed E-state index contributed by atoms with van der Waals surface area (Å²) in [5.74, 6) is 0.991. The van der Waals surface area contributed by atoms with Gasteiger partial charge in [-0.1, -0.05) is 29.8 Å². The maximum absolute atomic E-state index is 12.9. The molecule has 1 aromatic carbocycles. The summed E-state index contributed by atoms with van der Waals surface area (Å²) in [6.07, 6.45) is 8.13. The molecule has 0 saturated heterocycles. The van der Waals surface area contributed by atoms with E-state index in [1.165, 1.54) is 24.7 Å². The van der Waals surface area contributed by atoms with E-state index in [1.54, 1.807) is 12.1 Å². The zero-order chi connectivity index (χ0) is 23.9. The molecule has 3 atom stereocenters. The summed E-state index contributed by atoms with van der Waals surface area (Å²) in [6, 6.07) is 13.4. The van der Waals surface area contributed by atoms with Crippen molar-refractivity contribution in [1.29, 1.82) is 0 Å². The smallest absolute Gasteiger partial charge is 0.229 e. The Morgan fingerprint density at radius 1 is 1.09 bits per heavy atom. The lowest BCUT2D eigenvalue weighted by atomic mass is 10.1. The van der Waals surface area contributed by atoms with Crippen LogP contribution in [0.4, 0.5) is 11.6 Å². The third kappa shape index (κ3) is 4.59. The van der Waals surface area contributed by atoms with Crippen molar-refractivity contribution >= 4 is 34.8 Å². The quantitative estimate of drug-likeness (QED) is 0.343. The van der Waals surface area contributed by atoms with Crippen molar-refractivity contribution in [1.82, 2.24) is 19.4 Å². The molecule has 0 unspecified atom stereocenters. The molecule has 3 aromatic heterocycles. The van der Waals surface area contributed by atoms with E-state index in [4.69, 9.17) is 11.6 Å². The van der Waals surface area contributed by atoms with Crippen molar-refractivity contribution in [3.05, 3.63) is 83.0 Å². The van der Waals surface area contributed by atoms with Gasteiger partial charge in [0.1, 0.15) is 23.6 Å². The van der Waals surface area contributed by atoms with Crippen molar-refractivity contribution in [2.45, 2.75) is 31.2 Å². The van der Waals surface area contributed by atoms with Gasteiger partial charge in [0.25, 0.3) is 0 Å². The number of carbonyl (C=O) groups excluding carboxylic acids is 1. The summed E-state index contributed by atoms with van der Waals surface area (Å²) < 4.78 is 2.07. The number of benzene rings is 1. The number of nitrogens with zero attached hydrogens (tertiary/aromatic N) is 4. The van der Waals surface area contributed by atoms with E-state index >= 15 is 0 Å². The average molecular weight is 489 g/mol. The number of carbonyl (C=O) groups is 1. The molecule has 9 heteroatoms. The molecule has 8 nitrogen and oxygen atoms in total. The molecule has 6 rings (SSSR count). The van der Waals surface area contributed by atoms with Crippen LogP contribution in [0, 0.1) is 11.8 Å². The van der Waals surface area contributed by atoms with Gasteiger partial charge in [0.05, 0.1) is 18.2 Å². The van der Waals surface area contributed by atoms with E-state index in [-0.39, 0.29) is 30.3 Å². The van der Waals surface area contributed by atoms with Gasteiger partial charge in [-0.25, -0.2) is 15.0 Å². The van der Waals surface area contributed by atoms with E-state index in [0.717, 1.165) is 16.9 Å². The van der Waals surface area contributed by atoms with Crippen LogP contribution in [0.5, 0.6) is 0 Å². The van der Waals surface area contributed by atoms with Crippen molar-refractivity contribution in [2.75, 3.05) is 17.2 Å². The number of amides is 1. The van der Waals surface area contributed by atoms with Crippen molar-refractivity contribution in [3.8, 4) is 0 Å². The first-order chi connectivity index (χ1) is 17.1. The Balaban J connectivity index is 1.10. The first-order valence-corrected chi connectivity index (χ1v) is 12.2. The number of nitrogens with one attached hydrogen (secondary N) is 2. The summed E-state index contributed by atoms with van der Waals surface area (Å²) in [7, 11) is 0. The molecule has 2 aliphatic rings. The summed E-state index contributed by atoms with van der Waals surface area (Å²) in [6.45, 7) is 0.434. The van der Waals surface area contributed by atoms with Gasteiger partial charge in [-0.05, 0) is 48.1 Å². The number of aliphatic hydroxyl groups is 1. The van der Waals surface area contributed by atoms with Crippen LogP contribution in [-0.4, -0.2) is 37.0 Å². The molecule has 0 aliphatic heterocycles. The predicted molar refractivity (Wildman–Crippen MR) is 133 cm³/mol. The molecule has 4 aromatic rings. The minimum absolute atomic E-state index is 0.0615. The fourth-order valence-electron chi connectivity index (χ4n) is 4.84. The number of halogens is 1. The maximum Gasteiger partial charge on any atom is 0.229 e. The van der Waals surface area contributed by atoms with Crippen molar-refractivity contribution < 1.29 is 9.90 Å². The third-order valence-corrected chi connectivity index (χ3v) is 7.09. The van der Waals surface area contributed by atoms with E-state index < -0.39 is 0 Å². The highest BCUT2D eigenvalue weighted by Gasteiger charge is 2.55. The summed E-state index contributed by atoms with van der Waals surface area (Å²) in [5, 5.41) is 16.5. The van der Waals surface area contributed by atoms with Crippen molar-refractivity contribution in [2.24, 2.45) is 11.8 Å². The number of fused-ring (bicyclic) bond motifs is 1. The largest absolute Gasteiger partial charge is 0.396 e. The van der Waals surface area contributed by atoms with Gasteiger partial charge in [-0.3, -0.25) is 4.79 Å². The standard InChI is InChI=1S/C26H25ClN6O2/c27-18-3-1-2-16(8-18)24-20(13-34)25(24)26(35)32-22-9-21(29-14-30-22)28-10-19-12-33-11-17(15-4-5-15)6-7-23(33)31-19/h1-3,6-9,11-12,14-15,20,24-25,34H,4-5,10,13H2,(H2,28,29,30,32,35)/t20-,24+,25+/m1/s1. The van der Waals surface area contributed by atoms with Crippen LogP contribution in [0.3, 0.4) is 0 Å².